The van der Waals surface area contributed by atoms with Crippen molar-refractivity contribution < 1.29 is 24.5 Å². The molecule has 3 aromatic heterocycles. The van der Waals surface area contributed by atoms with Crippen LogP contribution in [0.2, 0.25) is 0 Å². The number of benzene rings is 5. The Balaban J connectivity index is 0.000000250. The van der Waals surface area contributed by atoms with Crippen LogP contribution < -0.4 is 0 Å². The predicted octanol–water partition coefficient (Wildman–Crippen LogP) is 11.4. The van der Waals surface area contributed by atoms with Crippen LogP contribution in [0.4, 0.5) is 0 Å². The van der Waals surface area contributed by atoms with Crippen LogP contribution in [0.25, 0.3) is 66.4 Å². The molecule has 0 spiro atoms. The third-order valence-corrected chi connectivity index (χ3v) is 8.01. The van der Waals surface area contributed by atoms with Crippen molar-refractivity contribution >= 4 is 32.7 Å². The number of rotatable bonds is 4. The van der Waals surface area contributed by atoms with Crippen molar-refractivity contribution in [3.8, 4) is 33.6 Å². The summed E-state index contributed by atoms with van der Waals surface area (Å²) in [5.74, 6) is 0. The van der Waals surface area contributed by atoms with Crippen LogP contribution in [0.1, 0.15) is 26.3 Å². The Kier molecular flexibility index (Phi) is 9.45. The molecule has 4 heteroatoms. The first kappa shape index (κ1) is 32.1. The summed E-state index contributed by atoms with van der Waals surface area (Å²) in [6.07, 6.45) is 4.72. The van der Waals surface area contributed by atoms with Gasteiger partial charge in [-0.15, -0.1) is 65.7 Å². The molecule has 0 amide bonds. The van der Waals surface area contributed by atoms with Crippen molar-refractivity contribution in [2.24, 2.45) is 5.41 Å². The first-order valence-electron chi connectivity index (χ1n) is 15.6. The largest absolute Gasteiger partial charge is 0.456 e. The molecular weight excluding hydrogens is 753 g/mol. The van der Waals surface area contributed by atoms with Gasteiger partial charge >= 0.3 is 0 Å². The molecule has 3 nitrogen and oxygen atoms in total. The Morgan fingerprint density at radius 1 is 0.617 bits per heavy atom. The summed E-state index contributed by atoms with van der Waals surface area (Å²) in [6, 6.07) is 50.0. The Morgan fingerprint density at radius 3 is 2.17 bits per heavy atom. The van der Waals surface area contributed by atoms with Crippen LogP contribution in [0.15, 0.2) is 144 Å². The number of aromatic nitrogens is 2. The van der Waals surface area contributed by atoms with Crippen molar-refractivity contribution in [3.05, 3.63) is 157 Å². The van der Waals surface area contributed by atoms with Crippen LogP contribution in [0.3, 0.4) is 0 Å². The van der Waals surface area contributed by atoms with E-state index >= 15 is 0 Å². The zero-order valence-electron chi connectivity index (χ0n) is 26.6. The zero-order chi connectivity index (χ0) is 31.5. The van der Waals surface area contributed by atoms with Gasteiger partial charge in [0.25, 0.3) is 0 Å². The fraction of sp³-hybridized carbons (Fsp3) is 0.116. The fourth-order valence-electron chi connectivity index (χ4n) is 6.00. The molecule has 5 aromatic carbocycles. The number of pyridine rings is 2. The van der Waals surface area contributed by atoms with Crippen LogP contribution in [-0.2, 0) is 26.5 Å². The van der Waals surface area contributed by atoms with Crippen molar-refractivity contribution in [2.45, 2.75) is 27.2 Å². The SMILES string of the molecule is CC(C)(C)Cc1ccnc(-c2[c-]cc(-c3cccc4c3ccc3oc5ccccc5c34)cc2)c1.[Ir].[c-]1ccccc1-c1ccccn1. The Labute approximate surface area is 289 Å². The normalized spacial score (nSPS) is 11.2. The zero-order valence-corrected chi connectivity index (χ0v) is 29.0. The molecule has 233 valence electrons. The number of fused-ring (bicyclic) bond motifs is 5. The van der Waals surface area contributed by atoms with Gasteiger partial charge in [0.05, 0.1) is 0 Å². The van der Waals surface area contributed by atoms with Gasteiger partial charge < -0.3 is 14.4 Å². The average Bonchev–Trinajstić information content (AvgIpc) is 3.48. The molecular formula is C43H34IrN2O-2. The summed E-state index contributed by atoms with van der Waals surface area (Å²) in [5, 5.41) is 4.76. The van der Waals surface area contributed by atoms with E-state index in [1.165, 1.54) is 27.3 Å². The van der Waals surface area contributed by atoms with Gasteiger partial charge in [0.2, 0.25) is 0 Å². The van der Waals surface area contributed by atoms with Crippen molar-refractivity contribution in [3.63, 3.8) is 0 Å². The third-order valence-electron chi connectivity index (χ3n) is 8.01. The maximum absolute atomic E-state index is 6.10. The van der Waals surface area contributed by atoms with Gasteiger partial charge in [0.1, 0.15) is 11.2 Å². The molecule has 0 fully saturated rings. The molecule has 0 saturated carbocycles. The molecule has 8 aromatic rings. The van der Waals surface area contributed by atoms with Crippen molar-refractivity contribution in [1.29, 1.82) is 0 Å². The first-order chi connectivity index (χ1) is 22.4. The van der Waals surface area contributed by atoms with Gasteiger partial charge in [-0.3, -0.25) is 0 Å². The van der Waals surface area contributed by atoms with Gasteiger partial charge in [0.15, 0.2) is 0 Å². The maximum Gasteiger partial charge on any atom is 0.136 e. The second-order valence-corrected chi connectivity index (χ2v) is 12.7. The summed E-state index contributed by atoms with van der Waals surface area (Å²) < 4.78 is 6.10. The molecule has 0 saturated heterocycles. The van der Waals surface area contributed by atoms with Crippen molar-refractivity contribution in [1.82, 2.24) is 9.97 Å². The Bertz CT molecular complexity index is 2210. The van der Waals surface area contributed by atoms with E-state index in [1.807, 2.05) is 60.8 Å². The summed E-state index contributed by atoms with van der Waals surface area (Å²) in [7, 11) is 0. The molecule has 8 rings (SSSR count). The second kappa shape index (κ2) is 13.8. The topological polar surface area (TPSA) is 38.9 Å². The van der Waals surface area contributed by atoms with E-state index in [4.69, 9.17) is 4.42 Å². The quantitative estimate of drug-likeness (QED) is 0.167. The van der Waals surface area contributed by atoms with E-state index < -0.39 is 0 Å². The first-order valence-corrected chi connectivity index (χ1v) is 15.6. The molecule has 0 aliphatic rings. The molecule has 0 unspecified atom stereocenters. The van der Waals surface area contributed by atoms with E-state index in [-0.39, 0.29) is 25.5 Å². The molecule has 1 radical (unpaired) electrons. The number of furan rings is 1. The third kappa shape index (κ3) is 7.10. The molecule has 0 N–H and O–H groups in total. The second-order valence-electron chi connectivity index (χ2n) is 12.7. The van der Waals surface area contributed by atoms with Crippen LogP contribution in [0, 0.1) is 17.5 Å². The molecule has 3 heterocycles. The number of para-hydroxylation sites is 1. The number of hydrogen-bond acceptors (Lipinski definition) is 3. The van der Waals surface area contributed by atoms with E-state index in [0.717, 1.165) is 51.1 Å². The standard InChI is InChI=1S/C32H26NO.C11H8N.Ir/c1-32(2,3)20-21-17-18-33-28(19-21)23-13-11-22(12-14-23)24-8-6-9-26-25(24)15-16-30-31(26)27-7-4-5-10-29(27)34-30;1-2-6-10(7-3-1)11-8-4-5-9-12-11;/h4-13,15-19H,20H2,1-3H3;1-6,8-9H;/q2*-1;. The fourth-order valence-corrected chi connectivity index (χ4v) is 6.00. The minimum absolute atomic E-state index is 0. The van der Waals surface area contributed by atoms with Gasteiger partial charge in [-0.1, -0.05) is 98.1 Å². The van der Waals surface area contributed by atoms with Gasteiger partial charge in [-0.2, -0.15) is 0 Å². The molecule has 0 aliphatic heterocycles. The van der Waals surface area contributed by atoms with Gasteiger partial charge in [0, 0.05) is 43.3 Å². The smallest absolute Gasteiger partial charge is 0.136 e. The summed E-state index contributed by atoms with van der Waals surface area (Å²) in [5.41, 5.74) is 9.74. The molecule has 0 atom stereocenters. The van der Waals surface area contributed by atoms with Gasteiger partial charge in [-0.05, 0) is 58.3 Å². The number of hydrogen-bond donors (Lipinski definition) is 0. The van der Waals surface area contributed by atoms with E-state index in [0.29, 0.717) is 0 Å². The Morgan fingerprint density at radius 2 is 1.40 bits per heavy atom. The number of nitrogens with zero attached hydrogens (tertiary/aromatic N) is 2. The van der Waals surface area contributed by atoms with Gasteiger partial charge in [-0.25, -0.2) is 0 Å². The van der Waals surface area contributed by atoms with Crippen LogP contribution in [0.5, 0.6) is 0 Å². The van der Waals surface area contributed by atoms with Crippen LogP contribution >= 0.6 is 0 Å². The maximum atomic E-state index is 6.10. The molecule has 0 aliphatic carbocycles. The monoisotopic (exact) mass is 787 g/mol. The Hall–Kier alpha value is -4.89. The van der Waals surface area contributed by atoms with Crippen LogP contribution in [-0.4, -0.2) is 9.97 Å². The predicted molar refractivity (Wildman–Crippen MR) is 190 cm³/mol. The minimum Gasteiger partial charge on any atom is -0.456 e. The van der Waals surface area contributed by atoms with Crippen molar-refractivity contribution in [2.75, 3.05) is 0 Å². The summed E-state index contributed by atoms with van der Waals surface area (Å²) in [4.78, 5) is 8.83. The summed E-state index contributed by atoms with van der Waals surface area (Å²) >= 11 is 0. The van der Waals surface area contributed by atoms with E-state index in [1.54, 1.807) is 6.20 Å². The average molecular weight is 787 g/mol. The van der Waals surface area contributed by atoms with E-state index in [9.17, 15) is 0 Å². The summed E-state index contributed by atoms with van der Waals surface area (Å²) in [6.45, 7) is 6.79. The molecule has 47 heavy (non-hydrogen) atoms. The minimum atomic E-state index is 0. The van der Waals surface area contributed by atoms with E-state index in [2.05, 4.69) is 116 Å². The molecule has 0 bridgehead atoms.